The van der Waals surface area contributed by atoms with Gasteiger partial charge in [-0.1, -0.05) is 0 Å². The number of ether oxygens (including phenoxy) is 1. The predicted octanol–water partition coefficient (Wildman–Crippen LogP) is 1.75. The zero-order valence-electron chi connectivity index (χ0n) is 9.95. The molecular weight excluding hydrogens is 204 g/mol. The third-order valence-electron chi connectivity index (χ3n) is 3.11. The molecule has 0 aliphatic heterocycles. The second-order valence-corrected chi connectivity index (χ2v) is 4.23. The number of hydrogen-bond donors (Lipinski definition) is 0. The second-order valence-electron chi connectivity index (χ2n) is 4.23. The molecule has 1 aliphatic carbocycles. The van der Waals surface area contributed by atoms with Crippen LogP contribution < -0.4 is 0 Å². The van der Waals surface area contributed by atoms with Crippen LogP contribution in [0.2, 0.25) is 0 Å². The Labute approximate surface area is 95.6 Å². The lowest BCUT2D eigenvalue weighted by Crippen LogP contribution is -2.10. The zero-order valence-corrected chi connectivity index (χ0v) is 9.95. The minimum atomic E-state index is 0.201. The van der Waals surface area contributed by atoms with Crippen LogP contribution >= 0.6 is 0 Å². The van der Waals surface area contributed by atoms with E-state index < -0.39 is 0 Å². The van der Waals surface area contributed by atoms with Crippen molar-refractivity contribution in [3.05, 3.63) is 17.2 Å². The Bertz CT molecular complexity index is 396. The fraction of sp³-hybridized carbons (Fsp3) is 0.667. The first-order valence-electron chi connectivity index (χ1n) is 5.82. The van der Waals surface area contributed by atoms with E-state index >= 15 is 0 Å². The van der Waals surface area contributed by atoms with Gasteiger partial charge in [-0.25, -0.2) is 4.98 Å². The molecule has 1 aromatic rings. The van der Waals surface area contributed by atoms with E-state index in [0.29, 0.717) is 18.7 Å². The van der Waals surface area contributed by atoms with Gasteiger partial charge in [0.2, 0.25) is 0 Å². The highest BCUT2D eigenvalue weighted by Crippen LogP contribution is 2.21. The van der Waals surface area contributed by atoms with Crippen molar-refractivity contribution >= 4 is 5.78 Å². The summed E-state index contributed by atoms with van der Waals surface area (Å²) in [5.41, 5.74) is 1.81. The van der Waals surface area contributed by atoms with Crippen LogP contribution in [0.1, 0.15) is 41.3 Å². The first-order chi connectivity index (χ1) is 7.74. The second kappa shape index (κ2) is 4.78. The number of carbonyl (C=O) groups is 1. The molecule has 16 heavy (non-hydrogen) atoms. The van der Waals surface area contributed by atoms with Crippen LogP contribution in [-0.2, 0) is 17.7 Å². The van der Waals surface area contributed by atoms with Gasteiger partial charge in [-0.2, -0.15) is 0 Å². The summed E-state index contributed by atoms with van der Waals surface area (Å²) < 4.78 is 7.21. The van der Waals surface area contributed by atoms with Crippen LogP contribution in [0.5, 0.6) is 0 Å². The van der Waals surface area contributed by atoms with Crippen LogP contribution in [0.3, 0.4) is 0 Å². The quantitative estimate of drug-likeness (QED) is 0.732. The standard InChI is InChI=1S/C12H18N2O2/c1-9-13-12-10(14(9)7-8-16-2)5-3-4-6-11(12)15/h3-8H2,1-2H3. The smallest absolute Gasteiger partial charge is 0.183 e. The van der Waals surface area contributed by atoms with Crippen molar-refractivity contribution in [3.63, 3.8) is 0 Å². The van der Waals surface area contributed by atoms with E-state index in [0.717, 1.165) is 37.3 Å². The normalized spacial score (nSPS) is 16.0. The minimum absolute atomic E-state index is 0.201. The number of fused-ring (bicyclic) bond motifs is 1. The maximum Gasteiger partial charge on any atom is 0.183 e. The van der Waals surface area contributed by atoms with Crippen LogP contribution in [-0.4, -0.2) is 29.1 Å². The first kappa shape index (κ1) is 11.3. The van der Waals surface area contributed by atoms with Gasteiger partial charge < -0.3 is 9.30 Å². The van der Waals surface area contributed by atoms with Gasteiger partial charge in [-0.05, 0) is 26.2 Å². The molecule has 1 aliphatic rings. The number of ketones is 1. The van der Waals surface area contributed by atoms with Crippen molar-refractivity contribution in [2.24, 2.45) is 0 Å². The van der Waals surface area contributed by atoms with E-state index in [2.05, 4.69) is 9.55 Å². The van der Waals surface area contributed by atoms with E-state index in [-0.39, 0.29) is 5.78 Å². The molecule has 0 aromatic carbocycles. The topological polar surface area (TPSA) is 44.1 Å². The highest BCUT2D eigenvalue weighted by atomic mass is 16.5. The Morgan fingerprint density at radius 2 is 2.12 bits per heavy atom. The number of aromatic nitrogens is 2. The SMILES string of the molecule is COCCn1c(C)nc2c1CCCCC2=O. The van der Waals surface area contributed by atoms with E-state index in [4.69, 9.17) is 4.74 Å². The summed E-state index contributed by atoms with van der Waals surface area (Å²) in [5, 5.41) is 0. The van der Waals surface area contributed by atoms with Gasteiger partial charge in [-0.15, -0.1) is 0 Å². The van der Waals surface area contributed by atoms with Crippen LogP contribution in [0.15, 0.2) is 0 Å². The molecule has 1 aromatic heterocycles. The summed E-state index contributed by atoms with van der Waals surface area (Å²) >= 11 is 0. The average molecular weight is 222 g/mol. The molecule has 4 heteroatoms. The summed E-state index contributed by atoms with van der Waals surface area (Å²) in [5.74, 6) is 1.13. The maximum atomic E-state index is 11.8. The van der Waals surface area contributed by atoms with Crippen molar-refractivity contribution in [1.82, 2.24) is 9.55 Å². The van der Waals surface area contributed by atoms with E-state index in [1.807, 2.05) is 6.92 Å². The fourth-order valence-corrected chi connectivity index (χ4v) is 2.26. The summed E-state index contributed by atoms with van der Waals surface area (Å²) in [6.07, 6.45) is 3.68. The molecule has 1 heterocycles. The molecule has 0 saturated heterocycles. The van der Waals surface area contributed by atoms with Crippen molar-refractivity contribution < 1.29 is 9.53 Å². The summed E-state index contributed by atoms with van der Waals surface area (Å²) in [4.78, 5) is 16.2. The number of hydrogen-bond acceptors (Lipinski definition) is 3. The molecular formula is C12H18N2O2. The molecule has 0 spiro atoms. The van der Waals surface area contributed by atoms with E-state index in [1.54, 1.807) is 7.11 Å². The lowest BCUT2D eigenvalue weighted by Gasteiger charge is -2.08. The molecule has 0 amide bonds. The number of aryl methyl sites for hydroxylation is 1. The molecule has 0 fully saturated rings. The van der Waals surface area contributed by atoms with Gasteiger partial charge in [0.1, 0.15) is 11.5 Å². The van der Waals surface area contributed by atoms with Gasteiger partial charge in [-0.3, -0.25) is 4.79 Å². The number of rotatable bonds is 3. The molecule has 88 valence electrons. The Morgan fingerprint density at radius 1 is 1.38 bits per heavy atom. The number of Topliss-reactive ketones (excluding diaryl/α,β-unsaturated/α-hetero) is 1. The van der Waals surface area contributed by atoms with Gasteiger partial charge >= 0.3 is 0 Å². The summed E-state index contributed by atoms with van der Waals surface area (Å²) in [6.45, 7) is 3.41. The Hall–Kier alpha value is -1.16. The van der Waals surface area contributed by atoms with Gasteiger partial charge in [0.05, 0.1) is 6.61 Å². The highest BCUT2D eigenvalue weighted by Gasteiger charge is 2.22. The number of methoxy groups -OCH3 is 1. The molecule has 0 N–H and O–H groups in total. The lowest BCUT2D eigenvalue weighted by atomic mass is 10.2. The van der Waals surface area contributed by atoms with Crippen molar-refractivity contribution in [3.8, 4) is 0 Å². The monoisotopic (exact) mass is 222 g/mol. The maximum absolute atomic E-state index is 11.8. The van der Waals surface area contributed by atoms with Crippen LogP contribution in [0, 0.1) is 6.92 Å². The number of carbonyl (C=O) groups excluding carboxylic acids is 1. The fourth-order valence-electron chi connectivity index (χ4n) is 2.26. The Kier molecular flexibility index (Phi) is 3.39. The zero-order chi connectivity index (χ0) is 11.5. The van der Waals surface area contributed by atoms with Crippen molar-refractivity contribution in [2.45, 2.75) is 39.2 Å². The Morgan fingerprint density at radius 3 is 2.88 bits per heavy atom. The summed E-state index contributed by atoms with van der Waals surface area (Å²) in [7, 11) is 1.69. The molecule has 2 rings (SSSR count). The molecule has 0 atom stereocenters. The van der Waals surface area contributed by atoms with Gasteiger partial charge in [0.25, 0.3) is 0 Å². The molecule has 0 radical (unpaired) electrons. The minimum Gasteiger partial charge on any atom is -0.383 e. The Balaban J connectivity index is 2.34. The predicted molar refractivity (Wildman–Crippen MR) is 60.7 cm³/mol. The van der Waals surface area contributed by atoms with E-state index in [1.165, 1.54) is 0 Å². The summed E-state index contributed by atoms with van der Waals surface area (Å²) in [6, 6.07) is 0. The third-order valence-corrected chi connectivity index (χ3v) is 3.11. The first-order valence-corrected chi connectivity index (χ1v) is 5.82. The van der Waals surface area contributed by atoms with Gasteiger partial charge in [0.15, 0.2) is 5.78 Å². The van der Waals surface area contributed by atoms with Crippen LogP contribution in [0.4, 0.5) is 0 Å². The number of imidazole rings is 1. The van der Waals surface area contributed by atoms with Crippen LogP contribution in [0.25, 0.3) is 0 Å². The third kappa shape index (κ3) is 2.02. The largest absolute Gasteiger partial charge is 0.383 e. The molecule has 0 bridgehead atoms. The van der Waals surface area contributed by atoms with Crippen molar-refractivity contribution in [1.29, 1.82) is 0 Å². The highest BCUT2D eigenvalue weighted by molar-refractivity contribution is 5.95. The van der Waals surface area contributed by atoms with E-state index in [9.17, 15) is 4.79 Å². The number of nitrogens with zero attached hydrogens (tertiary/aromatic N) is 2. The molecule has 0 unspecified atom stereocenters. The molecule has 4 nitrogen and oxygen atoms in total. The molecule has 0 saturated carbocycles. The lowest BCUT2D eigenvalue weighted by molar-refractivity contribution is 0.0977. The van der Waals surface area contributed by atoms with Crippen molar-refractivity contribution in [2.75, 3.05) is 13.7 Å². The van der Waals surface area contributed by atoms with Gasteiger partial charge in [0, 0.05) is 25.8 Å². The average Bonchev–Trinajstić information content (AvgIpc) is 2.47.